The Labute approximate surface area is 147 Å². The molecule has 25 heavy (non-hydrogen) atoms. The number of hydrogen-bond donors (Lipinski definition) is 0. The van der Waals surface area contributed by atoms with Gasteiger partial charge in [-0.15, -0.1) is 0 Å². The van der Waals surface area contributed by atoms with Crippen LogP contribution in [0.3, 0.4) is 0 Å². The summed E-state index contributed by atoms with van der Waals surface area (Å²) in [5, 5.41) is 0. The highest BCUT2D eigenvalue weighted by Crippen LogP contribution is 2.18. The molecule has 0 unspecified atom stereocenters. The molecule has 0 fully saturated rings. The molecule has 2 rings (SSSR count). The third kappa shape index (κ3) is 5.72. The standard InChI is InChI=1S/C20H22FNO3/c1-22(2)11-12-25-18-6-4-5-16(13-18)20(23)10-8-15-7-9-17(24-3)14-19(15)21/h4-10,13-14H,11-12H2,1-3H3. The molecular formula is C20H22FNO3. The van der Waals surface area contributed by atoms with Gasteiger partial charge in [0.15, 0.2) is 5.78 Å². The topological polar surface area (TPSA) is 38.8 Å². The molecule has 0 aliphatic carbocycles. The first-order valence-corrected chi connectivity index (χ1v) is 7.93. The number of ether oxygens (including phenoxy) is 2. The van der Waals surface area contributed by atoms with E-state index in [0.717, 1.165) is 6.54 Å². The normalized spacial score (nSPS) is 11.1. The number of likely N-dealkylation sites (N-methyl/N-ethyl adjacent to an activating group) is 1. The van der Waals surface area contributed by atoms with Crippen molar-refractivity contribution in [2.24, 2.45) is 0 Å². The minimum Gasteiger partial charge on any atom is -0.497 e. The molecular weight excluding hydrogens is 321 g/mol. The van der Waals surface area contributed by atoms with Gasteiger partial charge in [-0.3, -0.25) is 4.79 Å². The average Bonchev–Trinajstić information content (AvgIpc) is 2.60. The number of methoxy groups -OCH3 is 1. The van der Waals surface area contributed by atoms with Crippen molar-refractivity contribution < 1.29 is 18.7 Å². The van der Waals surface area contributed by atoms with Crippen LogP contribution in [0.15, 0.2) is 48.5 Å². The fourth-order valence-corrected chi connectivity index (χ4v) is 2.12. The number of carbonyl (C=O) groups excluding carboxylic acids is 1. The number of hydrogen-bond acceptors (Lipinski definition) is 4. The number of allylic oxidation sites excluding steroid dienone is 1. The molecule has 0 N–H and O–H groups in total. The lowest BCUT2D eigenvalue weighted by Crippen LogP contribution is -2.19. The third-order valence-electron chi connectivity index (χ3n) is 3.55. The molecule has 0 aromatic heterocycles. The van der Waals surface area contributed by atoms with Crippen LogP contribution in [0.4, 0.5) is 4.39 Å². The van der Waals surface area contributed by atoms with Crippen LogP contribution in [0, 0.1) is 5.82 Å². The Hall–Kier alpha value is -2.66. The summed E-state index contributed by atoms with van der Waals surface area (Å²) >= 11 is 0. The van der Waals surface area contributed by atoms with Crippen LogP contribution in [0.5, 0.6) is 11.5 Å². The molecule has 4 nitrogen and oxygen atoms in total. The maximum absolute atomic E-state index is 13.9. The minimum atomic E-state index is -0.441. The van der Waals surface area contributed by atoms with E-state index in [9.17, 15) is 9.18 Å². The molecule has 0 heterocycles. The zero-order valence-electron chi connectivity index (χ0n) is 14.7. The van der Waals surface area contributed by atoms with Crippen molar-refractivity contribution in [2.75, 3.05) is 34.4 Å². The van der Waals surface area contributed by atoms with E-state index in [-0.39, 0.29) is 5.78 Å². The number of nitrogens with zero attached hydrogens (tertiary/aromatic N) is 1. The Morgan fingerprint density at radius 2 is 1.96 bits per heavy atom. The van der Waals surface area contributed by atoms with Gasteiger partial charge in [0, 0.05) is 23.7 Å². The molecule has 0 atom stereocenters. The van der Waals surface area contributed by atoms with E-state index >= 15 is 0 Å². The fourth-order valence-electron chi connectivity index (χ4n) is 2.12. The van der Waals surface area contributed by atoms with Crippen LogP contribution >= 0.6 is 0 Å². The lowest BCUT2D eigenvalue weighted by Gasteiger charge is -2.11. The molecule has 0 saturated heterocycles. The van der Waals surface area contributed by atoms with Crippen molar-refractivity contribution in [3.8, 4) is 11.5 Å². The van der Waals surface area contributed by atoms with Crippen LogP contribution in [0.25, 0.3) is 6.08 Å². The van der Waals surface area contributed by atoms with Crippen molar-refractivity contribution >= 4 is 11.9 Å². The zero-order chi connectivity index (χ0) is 18.2. The molecule has 0 saturated carbocycles. The summed E-state index contributed by atoms with van der Waals surface area (Å²) < 4.78 is 24.5. The van der Waals surface area contributed by atoms with Gasteiger partial charge in [-0.25, -0.2) is 4.39 Å². The number of halogens is 1. The molecule has 0 aliphatic rings. The van der Waals surface area contributed by atoms with Crippen molar-refractivity contribution in [2.45, 2.75) is 0 Å². The predicted octanol–water partition coefficient (Wildman–Crippen LogP) is 3.67. The van der Waals surface area contributed by atoms with Gasteiger partial charge < -0.3 is 14.4 Å². The number of rotatable bonds is 8. The Morgan fingerprint density at radius 3 is 2.64 bits per heavy atom. The third-order valence-corrected chi connectivity index (χ3v) is 3.55. The van der Waals surface area contributed by atoms with Crippen LogP contribution < -0.4 is 9.47 Å². The second kappa shape index (κ2) is 8.99. The van der Waals surface area contributed by atoms with Gasteiger partial charge in [-0.2, -0.15) is 0 Å². The van der Waals surface area contributed by atoms with Gasteiger partial charge >= 0.3 is 0 Å². The molecule has 2 aromatic rings. The smallest absolute Gasteiger partial charge is 0.185 e. The summed E-state index contributed by atoms with van der Waals surface area (Å²) in [7, 11) is 5.40. The van der Waals surface area contributed by atoms with Crippen LogP contribution in [-0.4, -0.2) is 45.0 Å². The highest BCUT2D eigenvalue weighted by molar-refractivity contribution is 6.07. The van der Waals surface area contributed by atoms with Gasteiger partial charge in [-0.05, 0) is 50.5 Å². The molecule has 0 radical (unpaired) electrons. The van der Waals surface area contributed by atoms with E-state index in [1.165, 1.54) is 25.3 Å². The van der Waals surface area contributed by atoms with Crippen LogP contribution in [0.2, 0.25) is 0 Å². The zero-order valence-corrected chi connectivity index (χ0v) is 14.7. The summed E-state index contributed by atoms with van der Waals surface area (Å²) in [6.45, 7) is 1.33. The van der Waals surface area contributed by atoms with E-state index in [4.69, 9.17) is 9.47 Å². The number of ketones is 1. The first-order chi connectivity index (χ1) is 12.0. The first-order valence-electron chi connectivity index (χ1n) is 7.93. The van der Waals surface area contributed by atoms with E-state index in [0.29, 0.717) is 29.2 Å². The fraction of sp³-hybridized carbons (Fsp3) is 0.250. The maximum atomic E-state index is 13.9. The monoisotopic (exact) mass is 343 g/mol. The second-order valence-corrected chi connectivity index (χ2v) is 5.76. The predicted molar refractivity (Wildman–Crippen MR) is 96.8 cm³/mol. The van der Waals surface area contributed by atoms with Crippen molar-refractivity contribution in [3.63, 3.8) is 0 Å². The molecule has 0 aliphatic heterocycles. The maximum Gasteiger partial charge on any atom is 0.185 e. The first kappa shape index (κ1) is 18.7. The summed E-state index contributed by atoms with van der Waals surface area (Å²) in [6.07, 6.45) is 2.81. The highest BCUT2D eigenvalue weighted by atomic mass is 19.1. The summed E-state index contributed by atoms with van der Waals surface area (Å²) in [5.41, 5.74) is 0.820. The van der Waals surface area contributed by atoms with Gasteiger partial charge in [-0.1, -0.05) is 12.1 Å². The summed E-state index contributed by atoms with van der Waals surface area (Å²) in [6, 6.07) is 11.5. The Balaban J connectivity index is 2.05. The molecule has 0 amide bonds. The summed E-state index contributed by atoms with van der Waals surface area (Å²) in [4.78, 5) is 14.3. The van der Waals surface area contributed by atoms with Crippen molar-refractivity contribution in [1.82, 2.24) is 4.90 Å². The minimum absolute atomic E-state index is 0.215. The van der Waals surface area contributed by atoms with Crippen molar-refractivity contribution in [1.29, 1.82) is 0 Å². The number of carbonyl (C=O) groups is 1. The molecule has 0 spiro atoms. The molecule has 0 bridgehead atoms. The van der Waals surface area contributed by atoms with E-state index in [2.05, 4.69) is 0 Å². The molecule has 2 aromatic carbocycles. The lowest BCUT2D eigenvalue weighted by atomic mass is 10.1. The second-order valence-electron chi connectivity index (χ2n) is 5.76. The van der Waals surface area contributed by atoms with Crippen LogP contribution in [0.1, 0.15) is 15.9 Å². The Morgan fingerprint density at radius 1 is 1.16 bits per heavy atom. The number of benzene rings is 2. The molecule has 132 valence electrons. The largest absolute Gasteiger partial charge is 0.497 e. The van der Waals surface area contributed by atoms with E-state index in [1.807, 2.05) is 19.0 Å². The SMILES string of the molecule is COc1ccc(C=CC(=O)c2cccc(OCCN(C)C)c2)c(F)c1. The van der Waals surface area contributed by atoms with Gasteiger partial charge in [0.2, 0.25) is 0 Å². The molecule has 5 heteroatoms. The van der Waals surface area contributed by atoms with Gasteiger partial charge in [0.05, 0.1) is 7.11 Å². The quantitative estimate of drug-likeness (QED) is 0.541. The Kier molecular flexibility index (Phi) is 6.71. The van der Waals surface area contributed by atoms with Gasteiger partial charge in [0.25, 0.3) is 0 Å². The van der Waals surface area contributed by atoms with Crippen molar-refractivity contribution in [3.05, 3.63) is 65.5 Å². The van der Waals surface area contributed by atoms with Crippen LogP contribution in [-0.2, 0) is 0 Å². The van der Waals surface area contributed by atoms with E-state index < -0.39 is 5.82 Å². The summed E-state index contributed by atoms with van der Waals surface area (Å²) in [5.74, 6) is 0.415. The Bertz CT molecular complexity index is 756. The average molecular weight is 343 g/mol. The van der Waals surface area contributed by atoms with E-state index in [1.54, 1.807) is 36.4 Å². The lowest BCUT2D eigenvalue weighted by molar-refractivity contribution is 0.104. The van der Waals surface area contributed by atoms with Gasteiger partial charge in [0.1, 0.15) is 23.9 Å². The highest BCUT2D eigenvalue weighted by Gasteiger charge is 2.06.